The summed E-state index contributed by atoms with van der Waals surface area (Å²) in [5.74, 6) is -1.08. The molecule has 0 aliphatic rings. The van der Waals surface area contributed by atoms with Crippen molar-refractivity contribution in [2.45, 2.75) is 13.5 Å². The van der Waals surface area contributed by atoms with Gasteiger partial charge in [0, 0.05) is 23.4 Å². The van der Waals surface area contributed by atoms with Crippen molar-refractivity contribution >= 4 is 28.8 Å². The molecule has 2 amide bonds. The van der Waals surface area contributed by atoms with E-state index in [9.17, 15) is 14.0 Å². The molecule has 8 heteroatoms. The normalized spacial score (nSPS) is 10.6. The average molecular weight is 447 g/mol. The predicted molar refractivity (Wildman–Crippen MR) is 122 cm³/mol. The molecule has 160 valence electrons. The van der Waals surface area contributed by atoms with Crippen molar-refractivity contribution in [1.82, 2.24) is 15.5 Å². The van der Waals surface area contributed by atoms with Gasteiger partial charge in [-0.2, -0.15) is 0 Å². The van der Waals surface area contributed by atoms with E-state index in [1.807, 2.05) is 31.2 Å². The van der Waals surface area contributed by atoms with Gasteiger partial charge in [0.05, 0.1) is 0 Å². The van der Waals surface area contributed by atoms with Gasteiger partial charge in [0.2, 0.25) is 5.01 Å². The molecule has 1 heterocycles. The summed E-state index contributed by atoms with van der Waals surface area (Å²) in [4.78, 5) is 24.7. The fourth-order valence-corrected chi connectivity index (χ4v) is 3.68. The van der Waals surface area contributed by atoms with Crippen LogP contribution in [0.5, 0.6) is 0 Å². The molecule has 0 aliphatic carbocycles. The first-order valence-electron chi connectivity index (χ1n) is 9.82. The molecule has 0 atom stereocenters. The second kappa shape index (κ2) is 9.49. The third-order valence-corrected chi connectivity index (χ3v) is 5.64. The number of anilines is 1. The van der Waals surface area contributed by atoms with Gasteiger partial charge in [-0.25, -0.2) is 4.39 Å². The molecule has 32 heavy (non-hydrogen) atoms. The molecule has 0 radical (unpaired) electrons. The van der Waals surface area contributed by atoms with E-state index in [-0.39, 0.29) is 10.9 Å². The molecule has 0 spiro atoms. The van der Waals surface area contributed by atoms with Crippen LogP contribution in [-0.4, -0.2) is 22.0 Å². The summed E-state index contributed by atoms with van der Waals surface area (Å²) < 4.78 is 13.3. The maximum absolute atomic E-state index is 13.3. The van der Waals surface area contributed by atoms with E-state index < -0.39 is 11.7 Å². The number of amides is 2. The topological polar surface area (TPSA) is 84.0 Å². The minimum atomic E-state index is -0.466. The van der Waals surface area contributed by atoms with Crippen molar-refractivity contribution < 1.29 is 14.0 Å². The number of halogens is 1. The molecule has 4 rings (SSSR count). The minimum Gasteiger partial charge on any atom is -0.348 e. The van der Waals surface area contributed by atoms with Crippen LogP contribution >= 0.6 is 11.3 Å². The van der Waals surface area contributed by atoms with Gasteiger partial charge >= 0.3 is 0 Å². The van der Waals surface area contributed by atoms with Crippen LogP contribution in [0.25, 0.3) is 10.6 Å². The van der Waals surface area contributed by atoms with Crippen molar-refractivity contribution in [3.05, 3.63) is 100 Å². The minimum absolute atomic E-state index is 0.157. The lowest BCUT2D eigenvalue weighted by atomic mass is 10.1. The Morgan fingerprint density at radius 1 is 0.938 bits per heavy atom. The van der Waals surface area contributed by atoms with Gasteiger partial charge in [0.25, 0.3) is 11.8 Å². The van der Waals surface area contributed by atoms with E-state index >= 15 is 0 Å². The second-order valence-corrected chi connectivity index (χ2v) is 8.10. The number of aryl methyl sites for hydroxylation is 1. The highest BCUT2D eigenvalue weighted by molar-refractivity contribution is 7.16. The Labute approximate surface area is 188 Å². The molecule has 3 aromatic carbocycles. The highest BCUT2D eigenvalue weighted by atomic mass is 32.1. The first-order chi connectivity index (χ1) is 15.5. The standard InChI is InChI=1S/C24H19FN4O2S/c1-15-5-7-16(8-6-15)14-26-21(30)17-9-11-18(12-10-17)23-28-29-24(32-23)22(31)27-20-4-2-3-19(25)13-20/h2-13H,14H2,1H3,(H,26,30)(H,27,31). The molecule has 0 aliphatic heterocycles. The summed E-state index contributed by atoms with van der Waals surface area (Å²) in [6, 6.07) is 20.5. The highest BCUT2D eigenvalue weighted by Gasteiger charge is 2.15. The zero-order valence-corrected chi connectivity index (χ0v) is 17.9. The third-order valence-electron chi connectivity index (χ3n) is 4.67. The lowest BCUT2D eigenvalue weighted by Crippen LogP contribution is -2.22. The largest absolute Gasteiger partial charge is 0.348 e. The van der Waals surface area contributed by atoms with Crippen molar-refractivity contribution in [1.29, 1.82) is 0 Å². The quantitative estimate of drug-likeness (QED) is 0.444. The maximum Gasteiger partial charge on any atom is 0.286 e. The first kappa shape index (κ1) is 21.3. The monoisotopic (exact) mass is 446 g/mol. The van der Waals surface area contributed by atoms with E-state index in [0.29, 0.717) is 22.8 Å². The number of hydrogen-bond donors (Lipinski definition) is 2. The van der Waals surface area contributed by atoms with Crippen LogP contribution in [-0.2, 0) is 6.54 Å². The molecule has 0 saturated carbocycles. The van der Waals surface area contributed by atoms with E-state index in [2.05, 4.69) is 20.8 Å². The van der Waals surface area contributed by atoms with E-state index in [0.717, 1.165) is 22.5 Å². The first-order valence-corrected chi connectivity index (χ1v) is 10.6. The number of rotatable bonds is 6. The van der Waals surface area contributed by atoms with Gasteiger partial charge in [0.15, 0.2) is 0 Å². The smallest absolute Gasteiger partial charge is 0.286 e. The van der Waals surface area contributed by atoms with Crippen LogP contribution in [0.4, 0.5) is 10.1 Å². The zero-order chi connectivity index (χ0) is 22.5. The van der Waals surface area contributed by atoms with Crippen LogP contribution in [0.1, 0.15) is 31.3 Å². The molecule has 6 nitrogen and oxygen atoms in total. The van der Waals surface area contributed by atoms with Crippen LogP contribution in [0.2, 0.25) is 0 Å². The SMILES string of the molecule is Cc1ccc(CNC(=O)c2ccc(-c3nnc(C(=O)Nc4cccc(F)c4)s3)cc2)cc1. The molecule has 0 fully saturated rings. The number of nitrogens with one attached hydrogen (secondary N) is 2. The number of hydrogen-bond acceptors (Lipinski definition) is 5. The van der Waals surface area contributed by atoms with Crippen molar-refractivity contribution in [3.63, 3.8) is 0 Å². The van der Waals surface area contributed by atoms with Crippen molar-refractivity contribution in [2.24, 2.45) is 0 Å². The Kier molecular flexibility index (Phi) is 6.32. The van der Waals surface area contributed by atoms with Gasteiger partial charge in [-0.05, 0) is 42.8 Å². The van der Waals surface area contributed by atoms with Gasteiger partial charge in [-0.3, -0.25) is 9.59 Å². The van der Waals surface area contributed by atoms with Gasteiger partial charge in [-0.15, -0.1) is 10.2 Å². The van der Waals surface area contributed by atoms with Gasteiger partial charge in [0.1, 0.15) is 10.8 Å². The van der Waals surface area contributed by atoms with Crippen molar-refractivity contribution in [3.8, 4) is 10.6 Å². The highest BCUT2D eigenvalue weighted by Crippen LogP contribution is 2.24. The van der Waals surface area contributed by atoms with Crippen LogP contribution in [0.3, 0.4) is 0 Å². The van der Waals surface area contributed by atoms with Crippen LogP contribution in [0.15, 0.2) is 72.8 Å². The Morgan fingerprint density at radius 3 is 2.41 bits per heavy atom. The van der Waals surface area contributed by atoms with E-state index in [1.54, 1.807) is 30.3 Å². The predicted octanol–water partition coefficient (Wildman–Crippen LogP) is 4.83. The third kappa shape index (κ3) is 5.22. The summed E-state index contributed by atoms with van der Waals surface area (Å²) in [6.45, 7) is 2.46. The Morgan fingerprint density at radius 2 is 1.69 bits per heavy atom. The zero-order valence-electron chi connectivity index (χ0n) is 17.1. The summed E-state index contributed by atoms with van der Waals surface area (Å²) >= 11 is 1.11. The lowest BCUT2D eigenvalue weighted by molar-refractivity contribution is 0.0950. The molecular weight excluding hydrogens is 427 g/mol. The number of carbonyl (C=O) groups excluding carboxylic acids is 2. The van der Waals surface area contributed by atoms with Crippen molar-refractivity contribution in [2.75, 3.05) is 5.32 Å². The molecule has 1 aromatic heterocycles. The number of benzene rings is 3. The lowest BCUT2D eigenvalue weighted by Gasteiger charge is -2.06. The summed E-state index contributed by atoms with van der Waals surface area (Å²) in [5, 5.41) is 14.2. The number of nitrogens with zero attached hydrogens (tertiary/aromatic N) is 2. The molecule has 0 unspecified atom stereocenters. The number of aromatic nitrogens is 2. The van der Waals surface area contributed by atoms with Crippen LogP contribution in [0, 0.1) is 12.7 Å². The van der Waals surface area contributed by atoms with Gasteiger partial charge in [-0.1, -0.05) is 59.4 Å². The number of carbonyl (C=O) groups is 2. The summed E-state index contributed by atoms with van der Waals surface area (Å²) in [7, 11) is 0. The average Bonchev–Trinajstić information content (AvgIpc) is 3.29. The fraction of sp³-hybridized carbons (Fsp3) is 0.0833. The fourth-order valence-electron chi connectivity index (χ4n) is 2.94. The Hall–Kier alpha value is -3.91. The molecule has 0 bridgehead atoms. The molecule has 4 aromatic rings. The Balaban J connectivity index is 1.38. The summed E-state index contributed by atoms with van der Waals surface area (Å²) in [6.07, 6.45) is 0. The maximum atomic E-state index is 13.3. The Bertz CT molecular complexity index is 1250. The molecule has 0 saturated heterocycles. The molecule has 2 N–H and O–H groups in total. The van der Waals surface area contributed by atoms with E-state index in [4.69, 9.17) is 0 Å². The van der Waals surface area contributed by atoms with E-state index in [1.165, 1.54) is 23.8 Å². The molecular formula is C24H19FN4O2S. The van der Waals surface area contributed by atoms with Crippen LogP contribution < -0.4 is 10.6 Å². The second-order valence-electron chi connectivity index (χ2n) is 7.12. The van der Waals surface area contributed by atoms with Gasteiger partial charge < -0.3 is 10.6 Å². The summed E-state index contributed by atoms with van der Waals surface area (Å²) in [5.41, 5.74) is 3.80.